The number of esters is 1. The van der Waals surface area contributed by atoms with E-state index in [1.165, 1.54) is 0 Å². The Morgan fingerprint density at radius 1 is 0.576 bits per heavy atom. The number of nitrogens with two attached hydrogens (primary N) is 1. The summed E-state index contributed by atoms with van der Waals surface area (Å²) in [4.78, 5) is 49.3. The predicted octanol–water partition coefficient (Wildman–Crippen LogP) is 11.5. The van der Waals surface area contributed by atoms with E-state index in [0.29, 0.717) is 42.4 Å². The lowest BCUT2D eigenvalue weighted by Crippen LogP contribution is -2.39. The number of nitrogens with one attached hydrogen (secondary N) is 1. The third-order valence-corrected chi connectivity index (χ3v) is 10.6. The molecule has 0 aliphatic carbocycles. The highest BCUT2D eigenvalue weighted by Crippen LogP contribution is 2.25. The molecule has 0 spiro atoms. The minimum Gasteiger partial charge on any atom is -0.486 e. The number of Topliss-reactive ketones (excluding diaryl/α,β-unsaturated/α-hetero) is 2. The van der Waals surface area contributed by atoms with Crippen LogP contribution in [-0.4, -0.2) is 55.3 Å². The van der Waals surface area contributed by atoms with Crippen LogP contribution in [0.2, 0.25) is 10.0 Å². The van der Waals surface area contributed by atoms with Gasteiger partial charge in [0.2, 0.25) is 5.91 Å². The monoisotopic (exact) mass is 950 g/mol. The van der Waals surface area contributed by atoms with E-state index in [1.807, 2.05) is 153 Å². The van der Waals surface area contributed by atoms with Crippen molar-refractivity contribution in [3.8, 4) is 33.8 Å². The van der Waals surface area contributed by atoms with Gasteiger partial charge in [-0.05, 0) is 101 Å². The van der Waals surface area contributed by atoms with Gasteiger partial charge >= 0.3 is 5.97 Å². The molecular weight excluding hydrogens is 895 g/mol. The SMILES string of the molecule is CCCCOC(=O)CCC(=O)N[C@@H](CC(=O)COc1ccccc1)Cc1ccc(-c2cccc(Cl)c2)cc1.Cl.N[C@@H](CC(=O)COc1ccccc1)Cc1ccc(-c2cccc(Cl)c2)cc1. The maximum absolute atomic E-state index is 12.7. The van der Waals surface area contributed by atoms with Crippen molar-refractivity contribution in [2.45, 2.75) is 70.4 Å². The number of amides is 1. The highest BCUT2D eigenvalue weighted by molar-refractivity contribution is 6.31. The average Bonchev–Trinajstić information content (AvgIpc) is 3.31. The molecule has 0 aliphatic heterocycles. The normalized spacial score (nSPS) is 11.4. The first-order valence-corrected chi connectivity index (χ1v) is 22.6. The van der Waals surface area contributed by atoms with Gasteiger partial charge < -0.3 is 25.3 Å². The Morgan fingerprint density at radius 2 is 1.06 bits per heavy atom. The molecule has 9 nitrogen and oxygen atoms in total. The van der Waals surface area contributed by atoms with Crippen LogP contribution in [0.5, 0.6) is 11.5 Å². The molecule has 0 saturated heterocycles. The van der Waals surface area contributed by atoms with E-state index in [1.54, 1.807) is 12.1 Å². The summed E-state index contributed by atoms with van der Waals surface area (Å²) in [5.74, 6) is 0.482. The van der Waals surface area contributed by atoms with Gasteiger partial charge in [-0.25, -0.2) is 0 Å². The van der Waals surface area contributed by atoms with Crippen molar-refractivity contribution in [3.63, 3.8) is 0 Å². The van der Waals surface area contributed by atoms with Crippen molar-refractivity contribution in [1.82, 2.24) is 5.32 Å². The predicted molar refractivity (Wildman–Crippen MR) is 267 cm³/mol. The molecule has 0 unspecified atom stereocenters. The van der Waals surface area contributed by atoms with Gasteiger partial charge in [-0.15, -0.1) is 12.4 Å². The van der Waals surface area contributed by atoms with Crippen LogP contribution in [0, 0.1) is 0 Å². The highest BCUT2D eigenvalue weighted by atomic mass is 35.5. The number of unbranched alkanes of at least 4 members (excludes halogenated alkanes) is 1. The number of hydrogen-bond acceptors (Lipinski definition) is 8. The van der Waals surface area contributed by atoms with E-state index in [4.69, 9.17) is 43.1 Å². The Bertz CT molecular complexity index is 2400. The lowest BCUT2D eigenvalue weighted by atomic mass is 9.98. The molecule has 6 aromatic carbocycles. The van der Waals surface area contributed by atoms with E-state index in [9.17, 15) is 19.2 Å². The number of hydrogen-bond donors (Lipinski definition) is 2. The smallest absolute Gasteiger partial charge is 0.306 e. The highest BCUT2D eigenvalue weighted by Gasteiger charge is 2.19. The van der Waals surface area contributed by atoms with Crippen LogP contribution in [-0.2, 0) is 36.8 Å². The Kier molecular flexibility index (Phi) is 23.0. The van der Waals surface area contributed by atoms with Gasteiger partial charge in [0.15, 0.2) is 11.6 Å². The zero-order chi connectivity index (χ0) is 46.2. The molecule has 0 fully saturated rings. The zero-order valence-electron chi connectivity index (χ0n) is 37.0. The van der Waals surface area contributed by atoms with Crippen LogP contribution in [0.3, 0.4) is 0 Å². The van der Waals surface area contributed by atoms with Crippen LogP contribution >= 0.6 is 35.6 Å². The Labute approximate surface area is 404 Å². The number of halogens is 3. The molecule has 3 N–H and O–H groups in total. The molecule has 6 aromatic rings. The summed E-state index contributed by atoms with van der Waals surface area (Å²) >= 11 is 12.2. The maximum Gasteiger partial charge on any atom is 0.306 e. The van der Waals surface area contributed by atoms with Gasteiger partial charge in [0.25, 0.3) is 0 Å². The number of carbonyl (C=O) groups excluding carboxylic acids is 4. The van der Waals surface area contributed by atoms with Gasteiger partial charge in [-0.2, -0.15) is 0 Å². The summed E-state index contributed by atoms with van der Waals surface area (Å²) in [5.41, 5.74) is 12.4. The number of para-hydroxylation sites is 2. The standard InChI is InChI=1S/C31H34ClNO5.C23H22ClNO2.ClH/c1-2-3-18-37-31(36)17-16-30(35)33-27(21-28(34)22-38-29-10-5-4-6-11-29)19-23-12-14-24(15-13-23)25-8-7-9-26(32)20-25;24-20-6-4-5-19(14-20)18-11-9-17(10-12-18)13-21(25)15-22(26)16-27-23-7-2-1-3-8-23;/h4-15,20,27H,2-3,16-19,21-22H2,1H3,(H,33,35);1-12,14,21H,13,15-16,25H2;1H/t27-;21-;/m11./s1. The molecule has 0 heterocycles. The second kappa shape index (κ2) is 28.8. The Balaban J connectivity index is 0.000000300. The van der Waals surface area contributed by atoms with Crippen molar-refractivity contribution < 1.29 is 33.4 Å². The molecule has 6 rings (SSSR count). The van der Waals surface area contributed by atoms with Crippen molar-refractivity contribution in [1.29, 1.82) is 0 Å². The molecule has 2 atom stereocenters. The van der Waals surface area contributed by atoms with E-state index in [-0.39, 0.29) is 68.4 Å². The molecule has 12 heteroatoms. The Hall–Kier alpha value is -5.97. The summed E-state index contributed by atoms with van der Waals surface area (Å²) < 4.78 is 16.2. The van der Waals surface area contributed by atoms with Crippen LogP contribution < -0.4 is 20.5 Å². The van der Waals surface area contributed by atoms with E-state index in [2.05, 4.69) is 5.32 Å². The first kappa shape index (κ1) is 52.7. The fraction of sp³-hybridized carbons (Fsp3) is 0.259. The molecule has 0 aromatic heterocycles. The molecule has 0 bridgehead atoms. The summed E-state index contributed by atoms with van der Waals surface area (Å²) in [6.45, 7) is 2.33. The molecule has 346 valence electrons. The lowest BCUT2D eigenvalue weighted by molar-refractivity contribution is -0.145. The molecule has 0 saturated carbocycles. The first-order valence-electron chi connectivity index (χ1n) is 21.8. The van der Waals surface area contributed by atoms with Crippen LogP contribution in [0.15, 0.2) is 158 Å². The zero-order valence-corrected chi connectivity index (χ0v) is 39.4. The van der Waals surface area contributed by atoms with E-state index < -0.39 is 12.0 Å². The molecule has 66 heavy (non-hydrogen) atoms. The van der Waals surface area contributed by atoms with E-state index >= 15 is 0 Å². The molecule has 0 radical (unpaired) electrons. The molecular formula is C54H57Cl3N2O7. The first-order chi connectivity index (χ1) is 31.5. The van der Waals surface area contributed by atoms with Crippen LogP contribution in [0.25, 0.3) is 22.3 Å². The number of rotatable bonds is 23. The topological polar surface area (TPSA) is 134 Å². The maximum atomic E-state index is 12.7. The minimum absolute atomic E-state index is 0. The van der Waals surface area contributed by atoms with Crippen molar-refractivity contribution >= 4 is 59.1 Å². The minimum atomic E-state index is -0.442. The van der Waals surface area contributed by atoms with Gasteiger partial charge in [-0.1, -0.05) is 146 Å². The summed E-state index contributed by atoms with van der Waals surface area (Å²) in [5, 5.41) is 4.31. The summed E-state index contributed by atoms with van der Waals surface area (Å²) in [7, 11) is 0. The average molecular weight is 952 g/mol. The van der Waals surface area contributed by atoms with Crippen molar-refractivity contribution in [2.75, 3.05) is 19.8 Å². The number of ketones is 2. The second-order valence-electron chi connectivity index (χ2n) is 15.6. The van der Waals surface area contributed by atoms with Crippen LogP contribution in [0.4, 0.5) is 0 Å². The van der Waals surface area contributed by atoms with Gasteiger partial charge in [0, 0.05) is 41.4 Å². The van der Waals surface area contributed by atoms with E-state index in [0.717, 1.165) is 51.2 Å². The number of carbonyl (C=O) groups is 4. The van der Waals surface area contributed by atoms with Crippen molar-refractivity contribution in [2.24, 2.45) is 5.73 Å². The quantitative estimate of drug-likeness (QED) is 0.0479. The Morgan fingerprint density at radius 3 is 1.55 bits per heavy atom. The lowest BCUT2D eigenvalue weighted by Gasteiger charge is -2.19. The van der Waals surface area contributed by atoms with Gasteiger partial charge in [0.1, 0.15) is 24.7 Å². The fourth-order valence-electron chi connectivity index (χ4n) is 6.80. The third-order valence-electron chi connectivity index (χ3n) is 10.1. The molecule has 1 amide bonds. The van der Waals surface area contributed by atoms with Crippen molar-refractivity contribution in [3.05, 3.63) is 179 Å². The van der Waals surface area contributed by atoms with Gasteiger partial charge in [0.05, 0.1) is 13.0 Å². The van der Waals surface area contributed by atoms with Crippen LogP contribution in [0.1, 0.15) is 56.6 Å². The molecule has 0 aliphatic rings. The fourth-order valence-corrected chi connectivity index (χ4v) is 7.18. The number of ether oxygens (including phenoxy) is 3. The number of benzene rings is 6. The summed E-state index contributed by atoms with van der Waals surface area (Å²) in [6, 6.07) is 49.3. The summed E-state index contributed by atoms with van der Waals surface area (Å²) in [6.07, 6.45) is 3.23. The third kappa shape index (κ3) is 19.6. The van der Waals surface area contributed by atoms with Gasteiger partial charge in [-0.3, -0.25) is 19.2 Å². The second-order valence-corrected chi connectivity index (χ2v) is 16.5. The largest absolute Gasteiger partial charge is 0.486 e.